The molecule has 0 saturated heterocycles. The van der Waals surface area contributed by atoms with Crippen LogP contribution in [0.3, 0.4) is 0 Å². The van der Waals surface area contributed by atoms with Gasteiger partial charge in [-0.3, -0.25) is 9.78 Å². The van der Waals surface area contributed by atoms with Crippen molar-refractivity contribution in [3.8, 4) is 5.75 Å². The number of ether oxygens (including phenoxy) is 1. The maximum Gasteiger partial charge on any atom is 0.193 e. The van der Waals surface area contributed by atoms with E-state index in [-0.39, 0.29) is 11.7 Å². The zero-order valence-corrected chi connectivity index (χ0v) is 9.22. The zero-order chi connectivity index (χ0) is 11.5. The molecule has 1 aromatic rings. The van der Waals surface area contributed by atoms with Crippen molar-refractivity contribution >= 4 is 5.78 Å². The van der Waals surface area contributed by atoms with Crippen molar-refractivity contribution in [3.05, 3.63) is 24.0 Å². The number of Topliss-reactive ketones (excluding diaryl/α,β-unsaturated/α-hetero) is 1. The van der Waals surface area contributed by atoms with Gasteiger partial charge in [0, 0.05) is 11.8 Å². The molecule has 0 amide bonds. The summed E-state index contributed by atoms with van der Waals surface area (Å²) in [6.07, 6.45) is 4.02. The number of pyridine rings is 1. The third-order valence-corrected chi connectivity index (χ3v) is 2.65. The van der Waals surface area contributed by atoms with Gasteiger partial charge in [0.1, 0.15) is 11.9 Å². The molecule has 0 radical (unpaired) electrons. The largest absolute Gasteiger partial charge is 0.492 e. The lowest BCUT2D eigenvalue weighted by molar-refractivity contribution is 0.0703. The minimum atomic E-state index is -0.876. The molecule has 0 bridgehead atoms. The Bertz CT molecular complexity index is 388. The Kier molecular flexibility index (Phi) is 3.19. The van der Waals surface area contributed by atoms with Crippen molar-refractivity contribution in [1.29, 1.82) is 0 Å². The Hall–Kier alpha value is -1.42. The molecule has 0 aliphatic heterocycles. The number of carbonyl (C=O) groups excluding carboxylic acids is 1. The van der Waals surface area contributed by atoms with Crippen LogP contribution in [0.2, 0.25) is 0 Å². The van der Waals surface area contributed by atoms with Crippen LogP contribution in [0.5, 0.6) is 5.75 Å². The van der Waals surface area contributed by atoms with Gasteiger partial charge in [0.05, 0.1) is 12.8 Å². The van der Waals surface area contributed by atoms with E-state index in [0.717, 1.165) is 12.8 Å². The number of carbonyl (C=O) groups is 1. The third-order valence-electron chi connectivity index (χ3n) is 2.65. The van der Waals surface area contributed by atoms with Gasteiger partial charge in [-0.1, -0.05) is 0 Å². The Morgan fingerprint density at radius 2 is 2.38 bits per heavy atom. The predicted octanol–water partition coefficient (Wildman–Crippen LogP) is 1.43. The molecule has 16 heavy (non-hydrogen) atoms. The highest BCUT2D eigenvalue weighted by atomic mass is 16.5. The maximum absolute atomic E-state index is 11.8. The summed E-state index contributed by atoms with van der Waals surface area (Å²) in [5, 5.41) is 9.71. The fourth-order valence-corrected chi connectivity index (χ4v) is 1.60. The molecule has 0 spiro atoms. The summed E-state index contributed by atoms with van der Waals surface area (Å²) in [6.45, 7) is 2.40. The summed E-state index contributed by atoms with van der Waals surface area (Å²) in [5.74, 6) is 0.455. The first kappa shape index (κ1) is 11.1. The summed E-state index contributed by atoms with van der Waals surface area (Å²) in [5.41, 5.74) is 0.422. The predicted molar refractivity (Wildman–Crippen MR) is 58.5 cm³/mol. The molecule has 1 N–H and O–H groups in total. The first-order valence-electron chi connectivity index (χ1n) is 5.52. The van der Waals surface area contributed by atoms with E-state index >= 15 is 0 Å². The van der Waals surface area contributed by atoms with Gasteiger partial charge in [-0.05, 0) is 31.7 Å². The van der Waals surface area contributed by atoms with Crippen molar-refractivity contribution in [2.75, 3.05) is 6.61 Å². The second kappa shape index (κ2) is 4.61. The molecule has 1 aromatic heterocycles. The summed E-state index contributed by atoms with van der Waals surface area (Å²) < 4.78 is 5.26. The van der Waals surface area contributed by atoms with Crippen LogP contribution in [0, 0.1) is 5.92 Å². The lowest BCUT2D eigenvalue weighted by atomic mass is 10.0. The lowest BCUT2D eigenvalue weighted by Gasteiger charge is -2.09. The normalized spacial score (nSPS) is 16.9. The number of hydrogen-bond donors (Lipinski definition) is 1. The van der Waals surface area contributed by atoms with Gasteiger partial charge in [0.15, 0.2) is 5.78 Å². The molecule has 0 aromatic carbocycles. The molecule has 1 heterocycles. The van der Waals surface area contributed by atoms with Gasteiger partial charge in [0.2, 0.25) is 0 Å². The molecule has 2 rings (SSSR count). The Labute approximate surface area is 94.3 Å². The van der Waals surface area contributed by atoms with Gasteiger partial charge in [-0.15, -0.1) is 0 Å². The first-order valence-corrected chi connectivity index (χ1v) is 5.52. The maximum atomic E-state index is 11.8. The number of nitrogens with zero attached hydrogens (tertiary/aromatic N) is 1. The van der Waals surface area contributed by atoms with Crippen molar-refractivity contribution in [2.24, 2.45) is 5.92 Å². The molecular weight excluding hydrogens is 206 g/mol. The van der Waals surface area contributed by atoms with E-state index in [1.165, 1.54) is 6.20 Å². The van der Waals surface area contributed by atoms with Gasteiger partial charge in [-0.2, -0.15) is 0 Å². The van der Waals surface area contributed by atoms with Crippen molar-refractivity contribution in [2.45, 2.75) is 25.9 Å². The lowest BCUT2D eigenvalue weighted by Crippen LogP contribution is -2.22. The summed E-state index contributed by atoms with van der Waals surface area (Å²) in [4.78, 5) is 15.8. The van der Waals surface area contributed by atoms with Crippen LogP contribution in [0.1, 0.15) is 30.1 Å². The highest BCUT2D eigenvalue weighted by molar-refractivity contribution is 5.99. The number of aromatic nitrogens is 1. The number of ketones is 1. The molecule has 1 saturated carbocycles. The van der Waals surface area contributed by atoms with E-state index in [4.69, 9.17) is 4.74 Å². The summed E-state index contributed by atoms with van der Waals surface area (Å²) in [7, 11) is 0. The number of aliphatic hydroxyl groups excluding tert-OH is 1. The minimum Gasteiger partial charge on any atom is -0.492 e. The standard InChI is InChI=1S/C12H15NO3/c1-2-16-10-5-9(6-13-7-10)12(15)11(14)8-3-4-8/h5-8,11,14H,2-4H2,1H3. The molecule has 1 aliphatic rings. The number of rotatable bonds is 5. The van der Waals surface area contributed by atoms with E-state index in [2.05, 4.69) is 4.98 Å². The second-order valence-electron chi connectivity index (χ2n) is 3.99. The fourth-order valence-electron chi connectivity index (χ4n) is 1.60. The Balaban J connectivity index is 2.12. The van der Waals surface area contributed by atoms with Crippen LogP contribution in [-0.4, -0.2) is 28.6 Å². The summed E-state index contributed by atoms with van der Waals surface area (Å²) >= 11 is 0. The van der Waals surface area contributed by atoms with Crippen LogP contribution in [0.25, 0.3) is 0 Å². The minimum absolute atomic E-state index is 0.142. The van der Waals surface area contributed by atoms with E-state index in [9.17, 15) is 9.90 Å². The number of hydrogen-bond acceptors (Lipinski definition) is 4. The highest BCUT2D eigenvalue weighted by Gasteiger charge is 2.35. The SMILES string of the molecule is CCOc1cncc(C(=O)C(O)C2CC2)c1. The average molecular weight is 221 g/mol. The van der Waals surface area contributed by atoms with E-state index in [0.29, 0.717) is 17.9 Å². The van der Waals surface area contributed by atoms with Crippen LogP contribution >= 0.6 is 0 Å². The van der Waals surface area contributed by atoms with Crippen LogP contribution in [0.15, 0.2) is 18.5 Å². The molecule has 1 fully saturated rings. The van der Waals surface area contributed by atoms with Crippen molar-refractivity contribution < 1.29 is 14.6 Å². The summed E-state index contributed by atoms with van der Waals surface area (Å²) in [6, 6.07) is 1.63. The van der Waals surface area contributed by atoms with E-state index in [1.54, 1.807) is 12.3 Å². The van der Waals surface area contributed by atoms with Crippen molar-refractivity contribution in [1.82, 2.24) is 4.98 Å². The van der Waals surface area contributed by atoms with Crippen molar-refractivity contribution in [3.63, 3.8) is 0 Å². The van der Waals surface area contributed by atoms with Gasteiger partial charge in [-0.25, -0.2) is 0 Å². The van der Waals surface area contributed by atoms with Gasteiger partial charge >= 0.3 is 0 Å². The topological polar surface area (TPSA) is 59.4 Å². The monoisotopic (exact) mass is 221 g/mol. The molecule has 4 nitrogen and oxygen atoms in total. The Morgan fingerprint density at radius 1 is 1.62 bits per heavy atom. The van der Waals surface area contributed by atoms with Crippen LogP contribution in [0.4, 0.5) is 0 Å². The zero-order valence-electron chi connectivity index (χ0n) is 9.22. The third kappa shape index (κ3) is 2.39. The van der Waals surface area contributed by atoms with Gasteiger partial charge < -0.3 is 9.84 Å². The molecular formula is C12H15NO3. The molecule has 1 unspecified atom stereocenters. The quantitative estimate of drug-likeness (QED) is 0.764. The fraction of sp³-hybridized carbons (Fsp3) is 0.500. The molecule has 86 valence electrons. The Morgan fingerprint density at radius 3 is 3.00 bits per heavy atom. The first-order chi connectivity index (χ1) is 7.72. The molecule has 1 atom stereocenters. The average Bonchev–Trinajstić information content (AvgIpc) is 3.12. The van der Waals surface area contributed by atoms with Gasteiger partial charge in [0.25, 0.3) is 0 Å². The molecule has 4 heteroatoms. The van der Waals surface area contributed by atoms with Crippen LogP contribution < -0.4 is 4.74 Å². The van der Waals surface area contributed by atoms with E-state index in [1.807, 2.05) is 6.92 Å². The highest BCUT2D eigenvalue weighted by Crippen LogP contribution is 2.34. The smallest absolute Gasteiger partial charge is 0.193 e. The van der Waals surface area contributed by atoms with E-state index < -0.39 is 6.10 Å². The van der Waals surface area contributed by atoms with Crippen LogP contribution in [-0.2, 0) is 0 Å². The number of aliphatic hydroxyl groups is 1. The second-order valence-corrected chi connectivity index (χ2v) is 3.99. The molecule has 1 aliphatic carbocycles.